The van der Waals surface area contributed by atoms with Crippen molar-refractivity contribution in [1.29, 1.82) is 0 Å². The van der Waals surface area contributed by atoms with Crippen LogP contribution in [-0.2, 0) is 22.6 Å². The Labute approximate surface area is 169 Å². The molecule has 0 radical (unpaired) electrons. The van der Waals surface area contributed by atoms with E-state index in [-0.39, 0.29) is 12.5 Å². The molecule has 6 nitrogen and oxygen atoms in total. The molecule has 1 heterocycles. The fourth-order valence-corrected chi connectivity index (χ4v) is 3.19. The van der Waals surface area contributed by atoms with Crippen molar-refractivity contribution < 1.29 is 14.3 Å². The van der Waals surface area contributed by atoms with E-state index in [4.69, 9.17) is 4.74 Å². The fourth-order valence-electron chi connectivity index (χ4n) is 3.19. The summed E-state index contributed by atoms with van der Waals surface area (Å²) in [4.78, 5) is 27.9. The molecule has 0 unspecified atom stereocenters. The molecule has 1 aliphatic rings. The van der Waals surface area contributed by atoms with Crippen molar-refractivity contribution in [2.75, 3.05) is 26.7 Å². The summed E-state index contributed by atoms with van der Waals surface area (Å²) in [5.41, 5.74) is 1.76. The standard InChI is InChI=1S/C22H35N3O3/c1-17-9-11-25(12-10-17)15-19-8-6-7-18(13-19)14-23-20(26)16-24(5)21(27)28-22(2,3)4/h6-8,13,17H,9-12,14-16H2,1-5H3,(H,23,26). The molecule has 2 rings (SSSR count). The third-order valence-corrected chi connectivity index (χ3v) is 4.85. The quantitative estimate of drug-likeness (QED) is 0.810. The molecule has 1 saturated heterocycles. The molecule has 1 fully saturated rings. The first kappa shape index (κ1) is 22.2. The Bertz CT molecular complexity index is 661. The zero-order valence-corrected chi connectivity index (χ0v) is 18.0. The number of carbonyl (C=O) groups is 2. The molecule has 6 heteroatoms. The average molecular weight is 390 g/mol. The van der Waals surface area contributed by atoms with E-state index in [0.717, 1.165) is 31.1 Å². The van der Waals surface area contributed by atoms with Crippen molar-refractivity contribution in [3.8, 4) is 0 Å². The Morgan fingerprint density at radius 3 is 2.50 bits per heavy atom. The van der Waals surface area contributed by atoms with Crippen LogP contribution in [0.25, 0.3) is 0 Å². The molecule has 28 heavy (non-hydrogen) atoms. The van der Waals surface area contributed by atoms with Gasteiger partial charge in [-0.15, -0.1) is 0 Å². The maximum Gasteiger partial charge on any atom is 0.410 e. The average Bonchev–Trinajstić information content (AvgIpc) is 2.61. The lowest BCUT2D eigenvalue weighted by atomic mass is 9.98. The SMILES string of the molecule is CC1CCN(Cc2cccc(CNC(=O)CN(C)C(=O)OC(C)(C)C)c2)CC1. The van der Waals surface area contributed by atoms with E-state index in [1.54, 1.807) is 27.8 Å². The number of hydrogen-bond acceptors (Lipinski definition) is 4. The van der Waals surface area contributed by atoms with Crippen LogP contribution in [0.5, 0.6) is 0 Å². The van der Waals surface area contributed by atoms with Crippen LogP contribution in [0.1, 0.15) is 51.7 Å². The molecule has 0 bridgehead atoms. The van der Waals surface area contributed by atoms with E-state index in [2.05, 4.69) is 29.3 Å². The third-order valence-electron chi connectivity index (χ3n) is 4.85. The molecule has 1 aliphatic heterocycles. The zero-order valence-electron chi connectivity index (χ0n) is 18.0. The van der Waals surface area contributed by atoms with Gasteiger partial charge in [-0.3, -0.25) is 9.69 Å². The highest BCUT2D eigenvalue weighted by molar-refractivity contribution is 5.82. The first-order chi connectivity index (χ1) is 13.1. The monoisotopic (exact) mass is 389 g/mol. The van der Waals surface area contributed by atoms with Gasteiger partial charge >= 0.3 is 6.09 Å². The predicted octanol–water partition coefficient (Wildman–Crippen LogP) is 3.40. The van der Waals surface area contributed by atoms with Crippen LogP contribution in [0.4, 0.5) is 4.79 Å². The van der Waals surface area contributed by atoms with E-state index in [0.29, 0.717) is 6.54 Å². The Morgan fingerprint density at radius 1 is 1.21 bits per heavy atom. The number of carbonyl (C=O) groups excluding carboxylic acids is 2. The van der Waals surface area contributed by atoms with Gasteiger partial charge in [0.2, 0.25) is 5.91 Å². The molecule has 0 aliphatic carbocycles. The van der Waals surface area contributed by atoms with Gasteiger partial charge in [-0.1, -0.05) is 31.2 Å². The van der Waals surface area contributed by atoms with E-state index in [1.807, 2.05) is 12.1 Å². The van der Waals surface area contributed by atoms with E-state index in [1.165, 1.54) is 23.3 Å². The summed E-state index contributed by atoms with van der Waals surface area (Å²) in [5.74, 6) is 0.625. The topological polar surface area (TPSA) is 61.9 Å². The van der Waals surface area contributed by atoms with Crippen molar-refractivity contribution >= 4 is 12.0 Å². The summed E-state index contributed by atoms with van der Waals surface area (Å²) in [5, 5.41) is 2.88. The van der Waals surface area contributed by atoms with Crippen LogP contribution in [0, 0.1) is 5.92 Å². The van der Waals surface area contributed by atoms with Crippen LogP contribution in [0.3, 0.4) is 0 Å². The van der Waals surface area contributed by atoms with Crippen molar-refractivity contribution in [3.05, 3.63) is 35.4 Å². The molecule has 0 saturated carbocycles. The highest BCUT2D eigenvalue weighted by Gasteiger charge is 2.21. The van der Waals surface area contributed by atoms with Crippen LogP contribution in [0.2, 0.25) is 0 Å². The lowest BCUT2D eigenvalue weighted by Crippen LogP contribution is -2.40. The number of ether oxygens (including phenoxy) is 1. The zero-order chi connectivity index (χ0) is 20.7. The van der Waals surface area contributed by atoms with Crippen molar-refractivity contribution in [2.45, 2.75) is 59.2 Å². The second-order valence-electron chi connectivity index (χ2n) is 8.89. The lowest BCUT2D eigenvalue weighted by Gasteiger charge is -2.30. The number of nitrogens with zero attached hydrogens (tertiary/aromatic N) is 2. The summed E-state index contributed by atoms with van der Waals surface area (Å²) in [6, 6.07) is 8.34. The van der Waals surface area contributed by atoms with E-state index in [9.17, 15) is 9.59 Å². The van der Waals surface area contributed by atoms with E-state index < -0.39 is 11.7 Å². The van der Waals surface area contributed by atoms with Crippen LogP contribution in [-0.4, -0.2) is 54.1 Å². The highest BCUT2D eigenvalue weighted by Crippen LogP contribution is 2.18. The number of likely N-dealkylation sites (N-methyl/N-ethyl adjacent to an activating group) is 1. The van der Waals surface area contributed by atoms with Crippen LogP contribution in [0.15, 0.2) is 24.3 Å². The molecular weight excluding hydrogens is 354 g/mol. The number of rotatable bonds is 6. The van der Waals surface area contributed by atoms with E-state index >= 15 is 0 Å². The van der Waals surface area contributed by atoms with Gasteiger partial charge in [-0.2, -0.15) is 0 Å². The first-order valence-electron chi connectivity index (χ1n) is 10.1. The summed E-state index contributed by atoms with van der Waals surface area (Å²) >= 11 is 0. The summed E-state index contributed by atoms with van der Waals surface area (Å²) < 4.78 is 5.26. The first-order valence-corrected chi connectivity index (χ1v) is 10.1. The van der Waals surface area contributed by atoms with Gasteiger partial charge in [0.1, 0.15) is 12.1 Å². The van der Waals surface area contributed by atoms with Gasteiger partial charge in [0.25, 0.3) is 0 Å². The number of benzene rings is 1. The summed E-state index contributed by atoms with van der Waals surface area (Å²) in [7, 11) is 1.56. The Balaban J connectivity index is 1.79. The third kappa shape index (κ3) is 7.89. The molecule has 1 aromatic rings. The number of piperidine rings is 1. The summed E-state index contributed by atoms with van der Waals surface area (Å²) in [6.45, 7) is 11.4. The molecule has 2 amide bonds. The maximum atomic E-state index is 12.2. The van der Waals surface area contributed by atoms with Gasteiger partial charge in [0.05, 0.1) is 0 Å². The second kappa shape index (κ2) is 9.92. The molecule has 1 aromatic carbocycles. The Hall–Kier alpha value is -2.08. The van der Waals surface area contributed by atoms with Gasteiger partial charge in [-0.25, -0.2) is 4.79 Å². The molecule has 0 atom stereocenters. The predicted molar refractivity (Wildman–Crippen MR) is 111 cm³/mol. The number of nitrogens with one attached hydrogen (secondary N) is 1. The fraction of sp³-hybridized carbons (Fsp3) is 0.636. The Morgan fingerprint density at radius 2 is 1.86 bits per heavy atom. The van der Waals surface area contributed by atoms with Crippen LogP contribution < -0.4 is 5.32 Å². The van der Waals surface area contributed by atoms with Crippen molar-refractivity contribution in [1.82, 2.24) is 15.1 Å². The molecule has 1 N–H and O–H groups in total. The second-order valence-corrected chi connectivity index (χ2v) is 8.89. The van der Waals surface area contributed by atoms with Crippen LogP contribution >= 0.6 is 0 Å². The minimum Gasteiger partial charge on any atom is -0.444 e. The van der Waals surface area contributed by atoms with Crippen molar-refractivity contribution in [3.63, 3.8) is 0 Å². The molecule has 156 valence electrons. The maximum absolute atomic E-state index is 12.2. The lowest BCUT2D eigenvalue weighted by molar-refractivity contribution is -0.122. The Kier molecular flexibility index (Phi) is 7.87. The number of likely N-dealkylation sites (tertiary alicyclic amines) is 1. The largest absolute Gasteiger partial charge is 0.444 e. The molecule has 0 aromatic heterocycles. The minimum atomic E-state index is -0.575. The highest BCUT2D eigenvalue weighted by atomic mass is 16.6. The normalized spacial score (nSPS) is 15.9. The summed E-state index contributed by atoms with van der Waals surface area (Å²) in [6.07, 6.45) is 2.03. The number of hydrogen-bond donors (Lipinski definition) is 1. The van der Waals surface area contributed by atoms with Gasteiger partial charge < -0.3 is 15.0 Å². The number of amides is 2. The smallest absolute Gasteiger partial charge is 0.410 e. The van der Waals surface area contributed by atoms with Crippen molar-refractivity contribution in [2.24, 2.45) is 5.92 Å². The minimum absolute atomic E-state index is 0.0272. The molecular formula is C22H35N3O3. The molecule has 0 spiro atoms. The van der Waals surface area contributed by atoms with Gasteiger partial charge in [0, 0.05) is 20.1 Å². The van der Waals surface area contributed by atoms with Gasteiger partial charge in [-0.05, 0) is 63.7 Å². The van der Waals surface area contributed by atoms with Gasteiger partial charge in [0.15, 0.2) is 0 Å².